The maximum Gasteiger partial charge on any atom is 0.0889 e. The molecule has 0 aromatic rings. The molecular weight excluding hydrogens is 136 g/mol. The molecule has 0 saturated heterocycles. The van der Waals surface area contributed by atoms with Crippen LogP contribution >= 0.6 is 0 Å². The van der Waals surface area contributed by atoms with Crippen LogP contribution in [0.2, 0.25) is 0 Å². The molecule has 11 heavy (non-hydrogen) atoms. The van der Waals surface area contributed by atoms with Gasteiger partial charge in [-0.05, 0) is 32.4 Å². The van der Waals surface area contributed by atoms with Gasteiger partial charge in [0, 0.05) is 0 Å². The number of nitrogens with one attached hydrogen (secondary N) is 1. The summed E-state index contributed by atoms with van der Waals surface area (Å²) < 4.78 is 0. The van der Waals surface area contributed by atoms with E-state index < -0.39 is 0 Å². The summed E-state index contributed by atoms with van der Waals surface area (Å²) in [5.74, 6) is 0. The minimum absolute atomic E-state index is 0.364. The summed E-state index contributed by atoms with van der Waals surface area (Å²) in [4.78, 5) is 0. The van der Waals surface area contributed by atoms with E-state index in [-0.39, 0.29) is 5.66 Å². The minimum Gasteiger partial charge on any atom is -0.310 e. The lowest BCUT2D eigenvalue weighted by atomic mass is 9.97. The molecule has 62 valence electrons. The predicted octanol–water partition coefficient (Wildman–Crippen LogP) is 1.16. The Hall–Kier alpha value is -0.600. The molecule has 0 fully saturated rings. The summed E-state index contributed by atoms with van der Waals surface area (Å²) in [6.07, 6.45) is 8.71. The summed E-state index contributed by atoms with van der Waals surface area (Å²) in [6.45, 7) is 1.98. The van der Waals surface area contributed by atoms with Crippen molar-refractivity contribution in [1.29, 1.82) is 0 Å². The summed E-state index contributed by atoms with van der Waals surface area (Å²) in [6, 6.07) is 0. The Morgan fingerprint density at radius 3 is 2.73 bits per heavy atom. The largest absolute Gasteiger partial charge is 0.310 e. The zero-order valence-corrected chi connectivity index (χ0v) is 7.22. The number of hydrogen-bond acceptors (Lipinski definition) is 2. The molecule has 1 aliphatic carbocycles. The van der Waals surface area contributed by atoms with Crippen molar-refractivity contribution in [1.82, 2.24) is 5.32 Å². The van der Waals surface area contributed by atoms with Crippen molar-refractivity contribution in [3.63, 3.8) is 0 Å². The summed E-state index contributed by atoms with van der Waals surface area (Å²) in [5, 5.41) is 3.07. The molecule has 0 aromatic heterocycles. The van der Waals surface area contributed by atoms with E-state index >= 15 is 0 Å². The van der Waals surface area contributed by atoms with Gasteiger partial charge in [0.25, 0.3) is 0 Å². The van der Waals surface area contributed by atoms with Gasteiger partial charge < -0.3 is 5.73 Å². The first-order chi connectivity index (χ1) is 5.17. The van der Waals surface area contributed by atoms with E-state index in [1.165, 1.54) is 5.57 Å². The Kier molecular flexibility index (Phi) is 2.47. The second kappa shape index (κ2) is 3.20. The SMILES string of the molecule is CNC(C)(N)C1=CCCC=C1. The summed E-state index contributed by atoms with van der Waals surface area (Å²) in [7, 11) is 1.88. The van der Waals surface area contributed by atoms with Crippen LogP contribution in [0.4, 0.5) is 0 Å². The third kappa shape index (κ3) is 1.91. The molecule has 3 N–H and O–H groups in total. The molecule has 2 nitrogen and oxygen atoms in total. The predicted molar refractivity (Wildman–Crippen MR) is 48.1 cm³/mol. The number of nitrogens with two attached hydrogens (primary N) is 1. The number of likely N-dealkylation sites (N-methyl/N-ethyl adjacent to an activating group) is 1. The number of allylic oxidation sites excluding steroid dienone is 2. The quantitative estimate of drug-likeness (QED) is 0.583. The molecule has 0 heterocycles. The molecule has 1 aliphatic rings. The van der Waals surface area contributed by atoms with Crippen LogP contribution in [0.5, 0.6) is 0 Å². The van der Waals surface area contributed by atoms with Gasteiger partial charge in [0.05, 0.1) is 5.66 Å². The van der Waals surface area contributed by atoms with Crippen LogP contribution in [0.15, 0.2) is 23.8 Å². The molecule has 1 rings (SSSR count). The topological polar surface area (TPSA) is 38.0 Å². The first kappa shape index (κ1) is 8.50. The van der Waals surface area contributed by atoms with Crippen molar-refractivity contribution in [2.24, 2.45) is 5.73 Å². The zero-order chi connectivity index (χ0) is 8.32. The van der Waals surface area contributed by atoms with Gasteiger partial charge >= 0.3 is 0 Å². The second-order valence-electron chi connectivity index (χ2n) is 3.09. The van der Waals surface area contributed by atoms with E-state index in [4.69, 9.17) is 5.73 Å². The highest BCUT2D eigenvalue weighted by molar-refractivity contribution is 5.30. The van der Waals surface area contributed by atoms with E-state index in [1.807, 2.05) is 14.0 Å². The van der Waals surface area contributed by atoms with Gasteiger partial charge in [0.1, 0.15) is 0 Å². The van der Waals surface area contributed by atoms with E-state index in [9.17, 15) is 0 Å². The van der Waals surface area contributed by atoms with E-state index in [0.717, 1.165) is 12.8 Å². The summed E-state index contributed by atoms with van der Waals surface area (Å²) >= 11 is 0. The molecule has 1 atom stereocenters. The first-order valence-electron chi connectivity index (χ1n) is 4.02. The lowest BCUT2D eigenvalue weighted by Crippen LogP contribution is -2.50. The van der Waals surface area contributed by atoms with Gasteiger partial charge in [-0.15, -0.1) is 0 Å². The average Bonchev–Trinajstić information content (AvgIpc) is 2.06. The molecule has 0 bridgehead atoms. The van der Waals surface area contributed by atoms with Gasteiger partial charge in [-0.2, -0.15) is 0 Å². The fraction of sp³-hybridized carbons (Fsp3) is 0.556. The Balaban J connectivity index is 2.73. The smallest absolute Gasteiger partial charge is 0.0889 e. The standard InChI is InChI=1S/C9H16N2/c1-9(10,11-2)8-6-4-3-5-7-8/h4,6-7,11H,3,5,10H2,1-2H3. The van der Waals surface area contributed by atoms with Crippen LogP contribution in [0.1, 0.15) is 19.8 Å². The van der Waals surface area contributed by atoms with E-state index in [2.05, 4.69) is 23.5 Å². The molecule has 0 radical (unpaired) electrons. The Bertz CT molecular complexity index is 190. The van der Waals surface area contributed by atoms with Crippen LogP contribution in [0.25, 0.3) is 0 Å². The molecular formula is C9H16N2. The molecule has 1 unspecified atom stereocenters. The fourth-order valence-corrected chi connectivity index (χ4v) is 1.14. The fourth-order valence-electron chi connectivity index (χ4n) is 1.14. The van der Waals surface area contributed by atoms with Gasteiger partial charge in [0.2, 0.25) is 0 Å². The number of hydrogen-bond donors (Lipinski definition) is 2. The van der Waals surface area contributed by atoms with Gasteiger partial charge in [0.15, 0.2) is 0 Å². The van der Waals surface area contributed by atoms with Crippen LogP contribution in [0, 0.1) is 0 Å². The van der Waals surface area contributed by atoms with Crippen LogP contribution < -0.4 is 11.1 Å². The lowest BCUT2D eigenvalue weighted by molar-refractivity contribution is 0.477. The van der Waals surface area contributed by atoms with Crippen molar-refractivity contribution in [2.45, 2.75) is 25.4 Å². The zero-order valence-electron chi connectivity index (χ0n) is 7.22. The highest BCUT2D eigenvalue weighted by atomic mass is 15.1. The van der Waals surface area contributed by atoms with Crippen molar-refractivity contribution in [3.8, 4) is 0 Å². The monoisotopic (exact) mass is 152 g/mol. The normalized spacial score (nSPS) is 22.6. The molecule has 0 saturated carbocycles. The Labute approximate surface area is 68.2 Å². The van der Waals surface area contributed by atoms with E-state index in [1.54, 1.807) is 0 Å². The van der Waals surface area contributed by atoms with Crippen molar-refractivity contribution in [3.05, 3.63) is 23.8 Å². The highest BCUT2D eigenvalue weighted by Gasteiger charge is 2.19. The average molecular weight is 152 g/mol. The van der Waals surface area contributed by atoms with Crippen molar-refractivity contribution >= 4 is 0 Å². The highest BCUT2D eigenvalue weighted by Crippen LogP contribution is 2.17. The van der Waals surface area contributed by atoms with Crippen molar-refractivity contribution < 1.29 is 0 Å². The van der Waals surface area contributed by atoms with Crippen LogP contribution in [-0.2, 0) is 0 Å². The van der Waals surface area contributed by atoms with Gasteiger partial charge in [-0.25, -0.2) is 0 Å². The summed E-state index contributed by atoms with van der Waals surface area (Å²) in [5.41, 5.74) is 6.78. The van der Waals surface area contributed by atoms with Crippen molar-refractivity contribution in [2.75, 3.05) is 7.05 Å². The maximum absolute atomic E-state index is 5.96. The third-order valence-electron chi connectivity index (χ3n) is 2.11. The van der Waals surface area contributed by atoms with Crippen LogP contribution in [-0.4, -0.2) is 12.7 Å². The van der Waals surface area contributed by atoms with Gasteiger partial charge in [-0.1, -0.05) is 18.2 Å². The maximum atomic E-state index is 5.96. The molecule has 0 spiro atoms. The molecule has 2 heteroatoms. The Morgan fingerprint density at radius 2 is 2.27 bits per heavy atom. The second-order valence-corrected chi connectivity index (χ2v) is 3.09. The third-order valence-corrected chi connectivity index (χ3v) is 2.11. The molecule has 0 amide bonds. The Morgan fingerprint density at radius 1 is 1.55 bits per heavy atom. The van der Waals surface area contributed by atoms with Crippen LogP contribution in [0.3, 0.4) is 0 Å². The minimum atomic E-state index is -0.364. The lowest BCUT2D eigenvalue weighted by Gasteiger charge is -2.26. The van der Waals surface area contributed by atoms with E-state index in [0.29, 0.717) is 0 Å². The number of rotatable bonds is 2. The molecule has 0 aliphatic heterocycles. The van der Waals surface area contributed by atoms with Gasteiger partial charge in [-0.3, -0.25) is 5.32 Å². The molecule has 0 aromatic carbocycles. The first-order valence-corrected chi connectivity index (χ1v) is 4.02.